The van der Waals surface area contributed by atoms with Crippen molar-refractivity contribution in [3.05, 3.63) is 17.4 Å². The van der Waals surface area contributed by atoms with E-state index in [1.54, 1.807) is 0 Å². The Kier molecular flexibility index (Phi) is 2.88. The Balaban J connectivity index is 2.69. The maximum atomic E-state index is 9.32. The van der Waals surface area contributed by atoms with Crippen molar-refractivity contribution in [1.82, 2.24) is 0 Å². The van der Waals surface area contributed by atoms with Gasteiger partial charge in [0.25, 0.3) is 0 Å². The number of azide groups is 1. The Labute approximate surface area is 69.4 Å². The summed E-state index contributed by atoms with van der Waals surface area (Å²) in [5, 5.41) is 21.2. The van der Waals surface area contributed by atoms with E-state index in [0.717, 1.165) is 0 Å². The highest BCUT2D eigenvalue weighted by Crippen LogP contribution is 2.23. The van der Waals surface area contributed by atoms with Gasteiger partial charge in [0, 0.05) is 4.91 Å². The third-order valence-electron chi connectivity index (χ3n) is 1.76. The number of hydrogen-bond acceptors (Lipinski definition) is 4. The van der Waals surface area contributed by atoms with Crippen molar-refractivity contribution in [2.75, 3.05) is 6.61 Å². The van der Waals surface area contributed by atoms with E-state index in [2.05, 4.69) is 10.0 Å². The standard InChI is InChI=1S/C6H9N3O3/c1-3-5(8-9-7)6(11)4(2-10)12-3/h1,3-6,10-11H,2H2/t3?,4-,5?,6+/m1/s1. The number of aliphatic hydroxyl groups excluding tert-OH is 2. The molecule has 0 aliphatic carbocycles. The first-order chi connectivity index (χ1) is 5.70. The van der Waals surface area contributed by atoms with Crippen molar-refractivity contribution in [3.63, 3.8) is 0 Å². The van der Waals surface area contributed by atoms with Crippen LogP contribution in [-0.2, 0) is 4.74 Å². The van der Waals surface area contributed by atoms with Gasteiger partial charge in [0.2, 0.25) is 0 Å². The quantitative estimate of drug-likeness (QED) is 0.332. The van der Waals surface area contributed by atoms with Gasteiger partial charge in [-0.2, -0.15) is 0 Å². The number of aliphatic hydroxyl groups is 2. The van der Waals surface area contributed by atoms with Crippen molar-refractivity contribution < 1.29 is 14.9 Å². The van der Waals surface area contributed by atoms with Gasteiger partial charge in [-0.1, -0.05) is 5.11 Å². The van der Waals surface area contributed by atoms with Crippen LogP contribution < -0.4 is 0 Å². The summed E-state index contributed by atoms with van der Waals surface area (Å²) in [7, 11) is 0. The van der Waals surface area contributed by atoms with Gasteiger partial charge in [-0.15, -0.1) is 0 Å². The van der Waals surface area contributed by atoms with Crippen molar-refractivity contribution in [2.45, 2.75) is 24.4 Å². The predicted octanol–water partition coefficient (Wildman–Crippen LogP) is -0.503. The average Bonchev–Trinajstić information content (AvgIpc) is 2.32. The number of nitrogens with zero attached hydrogens (tertiary/aromatic N) is 3. The van der Waals surface area contributed by atoms with Gasteiger partial charge in [0.05, 0.1) is 24.9 Å². The lowest BCUT2D eigenvalue weighted by molar-refractivity contribution is -0.0113. The summed E-state index contributed by atoms with van der Waals surface area (Å²) in [5.41, 5.74) is 8.09. The van der Waals surface area contributed by atoms with Crippen molar-refractivity contribution in [3.8, 4) is 0 Å². The second-order valence-electron chi connectivity index (χ2n) is 2.51. The molecule has 0 aromatic rings. The fraction of sp³-hybridized carbons (Fsp3) is 0.833. The first-order valence-electron chi connectivity index (χ1n) is 3.45. The minimum atomic E-state index is -1.03. The van der Waals surface area contributed by atoms with Gasteiger partial charge < -0.3 is 14.9 Å². The Morgan fingerprint density at radius 3 is 2.75 bits per heavy atom. The zero-order chi connectivity index (χ0) is 9.14. The van der Waals surface area contributed by atoms with E-state index in [0.29, 0.717) is 0 Å². The molecule has 4 atom stereocenters. The van der Waals surface area contributed by atoms with E-state index < -0.39 is 24.4 Å². The fourth-order valence-corrected chi connectivity index (χ4v) is 1.12. The molecule has 1 saturated heterocycles. The van der Waals surface area contributed by atoms with E-state index in [9.17, 15) is 5.11 Å². The molecule has 0 aromatic carbocycles. The van der Waals surface area contributed by atoms with Crippen LogP contribution in [0, 0.1) is 6.92 Å². The lowest BCUT2D eigenvalue weighted by atomic mass is 10.1. The number of rotatable bonds is 2. The Morgan fingerprint density at radius 2 is 2.33 bits per heavy atom. The second kappa shape index (κ2) is 3.73. The molecule has 1 aliphatic heterocycles. The highest BCUT2D eigenvalue weighted by molar-refractivity contribution is 4.96. The first-order valence-corrected chi connectivity index (χ1v) is 3.45. The Morgan fingerprint density at radius 1 is 1.67 bits per heavy atom. The molecule has 0 saturated carbocycles. The first kappa shape index (κ1) is 9.28. The maximum Gasteiger partial charge on any atom is 0.107 e. The normalized spacial score (nSPS) is 40.9. The third kappa shape index (κ3) is 1.51. The highest BCUT2D eigenvalue weighted by atomic mass is 16.5. The lowest BCUT2D eigenvalue weighted by Gasteiger charge is -2.10. The van der Waals surface area contributed by atoms with Crippen LogP contribution in [0.25, 0.3) is 10.4 Å². The predicted molar refractivity (Wildman–Crippen MR) is 39.0 cm³/mol. The molecule has 2 radical (unpaired) electrons. The molecule has 0 bridgehead atoms. The van der Waals surface area contributed by atoms with Crippen LogP contribution >= 0.6 is 0 Å². The van der Waals surface area contributed by atoms with Gasteiger partial charge in [0.1, 0.15) is 6.10 Å². The molecule has 1 fully saturated rings. The van der Waals surface area contributed by atoms with Gasteiger partial charge in [0.15, 0.2) is 0 Å². The minimum Gasteiger partial charge on any atom is -0.394 e. The van der Waals surface area contributed by atoms with Crippen LogP contribution in [0.4, 0.5) is 0 Å². The number of ether oxygens (including phenoxy) is 1. The van der Waals surface area contributed by atoms with Crippen molar-refractivity contribution >= 4 is 0 Å². The summed E-state index contributed by atoms with van der Waals surface area (Å²) in [5.74, 6) is 0. The van der Waals surface area contributed by atoms with E-state index in [1.807, 2.05) is 0 Å². The van der Waals surface area contributed by atoms with E-state index in [-0.39, 0.29) is 6.61 Å². The van der Waals surface area contributed by atoms with Gasteiger partial charge in [-0.05, 0) is 12.5 Å². The second-order valence-corrected chi connectivity index (χ2v) is 2.51. The van der Waals surface area contributed by atoms with Crippen LogP contribution in [0.15, 0.2) is 5.11 Å². The molecular formula is C6H9N3O3. The SMILES string of the molecule is [CH]C1O[C@H](CO)[C@H](O)C1N=[N+]=[N-]. The summed E-state index contributed by atoms with van der Waals surface area (Å²) in [6.07, 6.45) is -2.62. The highest BCUT2D eigenvalue weighted by Gasteiger charge is 2.40. The van der Waals surface area contributed by atoms with Crippen LogP contribution in [-0.4, -0.2) is 41.2 Å². The topological polar surface area (TPSA) is 98.5 Å². The molecule has 6 nitrogen and oxygen atoms in total. The Hall–Kier alpha value is -0.810. The average molecular weight is 171 g/mol. The molecule has 2 unspecified atom stereocenters. The molecule has 1 heterocycles. The summed E-state index contributed by atoms with van der Waals surface area (Å²) in [6, 6.07) is -0.813. The van der Waals surface area contributed by atoms with E-state index >= 15 is 0 Å². The Bertz CT molecular complexity index is 204. The monoisotopic (exact) mass is 171 g/mol. The molecule has 1 rings (SSSR count). The minimum absolute atomic E-state index is 0.341. The van der Waals surface area contributed by atoms with Crippen LogP contribution in [0.1, 0.15) is 0 Å². The molecule has 0 amide bonds. The van der Waals surface area contributed by atoms with Crippen LogP contribution in [0.3, 0.4) is 0 Å². The van der Waals surface area contributed by atoms with Gasteiger partial charge in [-0.25, -0.2) is 0 Å². The summed E-state index contributed by atoms with van der Waals surface area (Å²) in [6.45, 7) is 5.02. The van der Waals surface area contributed by atoms with Crippen LogP contribution in [0.2, 0.25) is 0 Å². The molecular weight excluding hydrogens is 162 g/mol. The van der Waals surface area contributed by atoms with Gasteiger partial charge >= 0.3 is 0 Å². The third-order valence-corrected chi connectivity index (χ3v) is 1.76. The lowest BCUT2D eigenvalue weighted by Crippen LogP contribution is -2.31. The van der Waals surface area contributed by atoms with E-state index in [1.165, 1.54) is 0 Å². The largest absolute Gasteiger partial charge is 0.394 e. The molecule has 1 aliphatic rings. The molecule has 2 N–H and O–H groups in total. The molecule has 66 valence electrons. The van der Waals surface area contributed by atoms with Crippen molar-refractivity contribution in [1.29, 1.82) is 0 Å². The van der Waals surface area contributed by atoms with Crippen LogP contribution in [0.5, 0.6) is 0 Å². The smallest absolute Gasteiger partial charge is 0.107 e. The molecule has 12 heavy (non-hydrogen) atoms. The molecule has 0 aromatic heterocycles. The maximum absolute atomic E-state index is 9.32. The van der Waals surface area contributed by atoms with Crippen molar-refractivity contribution in [2.24, 2.45) is 5.11 Å². The summed E-state index contributed by atoms with van der Waals surface area (Å²) >= 11 is 0. The van der Waals surface area contributed by atoms with E-state index in [4.69, 9.17) is 22.3 Å². The van der Waals surface area contributed by atoms with Gasteiger partial charge in [-0.3, -0.25) is 0 Å². The molecule has 6 heteroatoms. The zero-order valence-electron chi connectivity index (χ0n) is 6.24. The zero-order valence-corrected chi connectivity index (χ0v) is 6.24. The summed E-state index contributed by atoms with van der Waals surface area (Å²) < 4.78 is 4.90. The fourth-order valence-electron chi connectivity index (χ4n) is 1.12. The summed E-state index contributed by atoms with van der Waals surface area (Å²) in [4.78, 5) is 2.51. The molecule has 0 spiro atoms. The number of hydrogen-bond donors (Lipinski definition) is 2.